The van der Waals surface area contributed by atoms with E-state index in [0.717, 1.165) is 21.8 Å². The van der Waals surface area contributed by atoms with E-state index in [1.165, 1.54) is 16.8 Å². The molecule has 0 N–H and O–H groups in total. The van der Waals surface area contributed by atoms with Gasteiger partial charge in [-0.15, -0.1) is 11.3 Å². The van der Waals surface area contributed by atoms with E-state index < -0.39 is 0 Å². The van der Waals surface area contributed by atoms with E-state index in [1.807, 2.05) is 72.1 Å². The topological polar surface area (TPSA) is 64.4 Å². The minimum atomic E-state index is -0.250. The van der Waals surface area contributed by atoms with Gasteiger partial charge in [-0.05, 0) is 29.1 Å². The third kappa shape index (κ3) is 5.12. The molecule has 0 saturated carbocycles. The van der Waals surface area contributed by atoms with Crippen molar-refractivity contribution in [1.82, 2.24) is 14.7 Å². The second-order valence-corrected chi connectivity index (χ2v) is 8.28. The summed E-state index contributed by atoms with van der Waals surface area (Å²) in [7, 11) is 1.62. The molecule has 4 aromatic rings. The van der Waals surface area contributed by atoms with Crippen LogP contribution in [-0.2, 0) is 19.6 Å². The van der Waals surface area contributed by atoms with Crippen LogP contribution in [0.3, 0.4) is 0 Å². The highest BCUT2D eigenvalue weighted by Crippen LogP contribution is 2.22. The Bertz CT molecular complexity index is 1240. The molecular weight excluding hydrogens is 422 g/mol. The molecule has 0 radical (unpaired) electrons. The van der Waals surface area contributed by atoms with Gasteiger partial charge in [-0.25, -0.2) is 4.68 Å². The molecule has 1 amide bonds. The van der Waals surface area contributed by atoms with Crippen LogP contribution in [0.2, 0.25) is 0 Å². The van der Waals surface area contributed by atoms with Crippen molar-refractivity contribution >= 4 is 17.2 Å². The predicted molar refractivity (Wildman–Crippen MR) is 125 cm³/mol. The van der Waals surface area contributed by atoms with Crippen molar-refractivity contribution in [3.8, 4) is 5.75 Å². The molecule has 2 aromatic heterocycles. The van der Waals surface area contributed by atoms with E-state index in [2.05, 4.69) is 5.10 Å². The molecule has 2 aromatic carbocycles. The quantitative estimate of drug-likeness (QED) is 0.408. The minimum Gasteiger partial charge on any atom is -0.496 e. The third-order valence-electron chi connectivity index (χ3n) is 5.03. The number of rotatable bonds is 8. The summed E-state index contributed by atoms with van der Waals surface area (Å²) in [6.07, 6.45) is 0. The summed E-state index contributed by atoms with van der Waals surface area (Å²) in [6, 6.07) is 24.1. The first kappa shape index (κ1) is 21.5. The number of methoxy groups -OCH3 is 1. The van der Waals surface area contributed by atoms with Crippen LogP contribution in [-0.4, -0.2) is 27.7 Å². The fourth-order valence-electron chi connectivity index (χ4n) is 3.42. The summed E-state index contributed by atoms with van der Waals surface area (Å²) < 4.78 is 6.80. The number of benzene rings is 2. The lowest BCUT2D eigenvalue weighted by molar-refractivity contribution is 0.0721. The van der Waals surface area contributed by atoms with E-state index in [9.17, 15) is 9.59 Å². The van der Waals surface area contributed by atoms with Crippen molar-refractivity contribution in [1.29, 1.82) is 0 Å². The van der Waals surface area contributed by atoms with Crippen molar-refractivity contribution < 1.29 is 9.53 Å². The Morgan fingerprint density at radius 1 is 0.969 bits per heavy atom. The van der Waals surface area contributed by atoms with Crippen LogP contribution in [0.1, 0.15) is 26.5 Å². The third-order valence-corrected chi connectivity index (χ3v) is 5.89. The van der Waals surface area contributed by atoms with Gasteiger partial charge in [0.1, 0.15) is 11.4 Å². The van der Waals surface area contributed by atoms with E-state index in [-0.39, 0.29) is 17.2 Å². The number of ether oxygens (including phenoxy) is 1. The van der Waals surface area contributed by atoms with Crippen LogP contribution in [0.15, 0.2) is 89.0 Å². The van der Waals surface area contributed by atoms with Gasteiger partial charge in [0.25, 0.3) is 11.5 Å². The lowest BCUT2D eigenvalue weighted by Crippen LogP contribution is -2.33. The molecular formula is C25H23N3O3S. The second-order valence-electron chi connectivity index (χ2n) is 7.25. The second kappa shape index (κ2) is 10.1. The fraction of sp³-hybridized carbons (Fsp3) is 0.160. The van der Waals surface area contributed by atoms with Crippen molar-refractivity contribution in [2.24, 2.45) is 0 Å². The molecule has 0 fully saturated rings. The first-order valence-corrected chi connectivity index (χ1v) is 11.1. The normalized spacial score (nSPS) is 10.7. The van der Waals surface area contributed by atoms with Crippen LogP contribution >= 0.6 is 11.3 Å². The lowest BCUT2D eigenvalue weighted by atomic mass is 10.1. The number of carbonyl (C=O) groups excluding carboxylic acids is 1. The zero-order valence-corrected chi connectivity index (χ0v) is 18.5. The number of thiophene rings is 1. The molecule has 7 heteroatoms. The van der Waals surface area contributed by atoms with E-state index in [0.29, 0.717) is 19.6 Å². The number of hydrogen-bond donors (Lipinski definition) is 0. The number of hydrogen-bond acceptors (Lipinski definition) is 5. The Labute approximate surface area is 190 Å². The molecule has 0 spiro atoms. The van der Waals surface area contributed by atoms with E-state index in [4.69, 9.17) is 4.74 Å². The Kier molecular flexibility index (Phi) is 6.77. The molecule has 0 aliphatic rings. The van der Waals surface area contributed by atoms with Crippen LogP contribution in [0.5, 0.6) is 5.75 Å². The van der Waals surface area contributed by atoms with Gasteiger partial charge in [0.15, 0.2) is 0 Å². The summed E-state index contributed by atoms with van der Waals surface area (Å²) in [6.45, 7) is 1.10. The van der Waals surface area contributed by atoms with Gasteiger partial charge in [0.05, 0.1) is 26.7 Å². The lowest BCUT2D eigenvalue weighted by Gasteiger charge is -2.23. The standard InChI is InChI=1S/C25H23N3O3S/c1-31-23-12-6-5-10-20(23)17-27(18-21-11-7-15-32-21)25(30)22-13-14-24(29)28(26-22)16-19-8-3-2-4-9-19/h2-15H,16-18H2,1H3. The van der Waals surface area contributed by atoms with Crippen LogP contribution < -0.4 is 10.3 Å². The average Bonchev–Trinajstić information content (AvgIpc) is 3.34. The maximum absolute atomic E-state index is 13.5. The Morgan fingerprint density at radius 2 is 1.75 bits per heavy atom. The molecule has 6 nitrogen and oxygen atoms in total. The van der Waals surface area contributed by atoms with Gasteiger partial charge in [0, 0.05) is 16.5 Å². The Hall–Kier alpha value is -3.71. The molecule has 162 valence electrons. The van der Waals surface area contributed by atoms with Gasteiger partial charge >= 0.3 is 0 Å². The molecule has 0 atom stereocenters. The first-order chi connectivity index (χ1) is 15.6. The number of amides is 1. The highest BCUT2D eigenvalue weighted by atomic mass is 32.1. The molecule has 0 aliphatic heterocycles. The summed E-state index contributed by atoms with van der Waals surface area (Å²) in [4.78, 5) is 28.6. The van der Waals surface area contributed by atoms with Gasteiger partial charge in [-0.2, -0.15) is 5.10 Å². The van der Waals surface area contributed by atoms with Gasteiger partial charge < -0.3 is 9.64 Å². The highest BCUT2D eigenvalue weighted by molar-refractivity contribution is 7.09. The Balaban J connectivity index is 1.64. The molecule has 2 heterocycles. The van der Waals surface area contributed by atoms with Crippen molar-refractivity contribution in [3.05, 3.63) is 116 Å². The maximum Gasteiger partial charge on any atom is 0.274 e. The smallest absolute Gasteiger partial charge is 0.274 e. The molecule has 0 saturated heterocycles. The van der Waals surface area contributed by atoms with E-state index >= 15 is 0 Å². The maximum atomic E-state index is 13.5. The monoisotopic (exact) mass is 445 g/mol. The predicted octanol–water partition coefficient (Wildman–Crippen LogP) is 4.20. The number of aromatic nitrogens is 2. The number of carbonyl (C=O) groups is 1. The van der Waals surface area contributed by atoms with Gasteiger partial charge in [-0.3, -0.25) is 9.59 Å². The molecule has 0 aliphatic carbocycles. The van der Waals surface area contributed by atoms with Crippen LogP contribution in [0.25, 0.3) is 0 Å². The van der Waals surface area contributed by atoms with Crippen molar-refractivity contribution in [3.63, 3.8) is 0 Å². The molecule has 0 unspecified atom stereocenters. The van der Waals surface area contributed by atoms with Gasteiger partial charge in [-0.1, -0.05) is 54.6 Å². The minimum absolute atomic E-state index is 0.229. The van der Waals surface area contributed by atoms with E-state index in [1.54, 1.807) is 23.3 Å². The highest BCUT2D eigenvalue weighted by Gasteiger charge is 2.21. The Morgan fingerprint density at radius 3 is 2.50 bits per heavy atom. The van der Waals surface area contributed by atoms with Crippen LogP contribution in [0.4, 0.5) is 0 Å². The summed E-state index contributed by atoms with van der Waals surface area (Å²) >= 11 is 1.59. The molecule has 32 heavy (non-hydrogen) atoms. The SMILES string of the molecule is COc1ccccc1CN(Cc1cccs1)C(=O)c1ccc(=O)n(Cc2ccccc2)n1. The summed E-state index contributed by atoms with van der Waals surface area (Å²) in [5.74, 6) is 0.476. The fourth-order valence-corrected chi connectivity index (χ4v) is 4.14. The largest absolute Gasteiger partial charge is 0.496 e. The molecule has 0 bridgehead atoms. The van der Waals surface area contributed by atoms with Crippen LogP contribution in [0, 0.1) is 0 Å². The number of para-hydroxylation sites is 1. The van der Waals surface area contributed by atoms with Crippen molar-refractivity contribution in [2.75, 3.05) is 7.11 Å². The summed E-state index contributed by atoms with van der Waals surface area (Å²) in [5, 5.41) is 6.37. The molecule has 4 rings (SSSR count). The van der Waals surface area contributed by atoms with Crippen molar-refractivity contribution in [2.45, 2.75) is 19.6 Å². The first-order valence-electron chi connectivity index (χ1n) is 10.2. The number of nitrogens with zero attached hydrogens (tertiary/aromatic N) is 3. The summed E-state index contributed by atoms with van der Waals surface area (Å²) in [5.41, 5.74) is 1.82. The zero-order chi connectivity index (χ0) is 22.3. The average molecular weight is 446 g/mol. The van der Waals surface area contributed by atoms with Gasteiger partial charge in [0.2, 0.25) is 0 Å². The zero-order valence-electron chi connectivity index (χ0n) is 17.7.